The average Bonchev–Trinajstić information content (AvgIpc) is 2.92. The highest BCUT2D eigenvalue weighted by atomic mass is 15.3. The summed E-state index contributed by atoms with van der Waals surface area (Å²) in [6.45, 7) is 7.10. The highest BCUT2D eigenvalue weighted by Gasteiger charge is 2.06. The van der Waals surface area contributed by atoms with Crippen molar-refractivity contribution in [1.29, 1.82) is 0 Å². The standard InChI is InChI=1S/C13H21N5/c1-5-12-13(9-17(4)16-12)14-8-11-6-7-18(15-11)10(2)3/h6-7,9-10,14H,5,8H2,1-4H3. The van der Waals surface area contributed by atoms with Gasteiger partial charge in [0.1, 0.15) is 0 Å². The smallest absolute Gasteiger partial charge is 0.0853 e. The summed E-state index contributed by atoms with van der Waals surface area (Å²) in [7, 11) is 1.94. The quantitative estimate of drug-likeness (QED) is 0.882. The van der Waals surface area contributed by atoms with Gasteiger partial charge in [-0.2, -0.15) is 10.2 Å². The molecule has 0 amide bonds. The summed E-state index contributed by atoms with van der Waals surface area (Å²) < 4.78 is 3.81. The SMILES string of the molecule is CCc1nn(C)cc1NCc1ccn(C(C)C)n1. The van der Waals surface area contributed by atoms with Crippen molar-refractivity contribution in [2.75, 3.05) is 5.32 Å². The molecule has 0 bridgehead atoms. The van der Waals surface area contributed by atoms with Crippen LogP contribution in [0, 0.1) is 0 Å². The van der Waals surface area contributed by atoms with Crippen LogP contribution in [0.5, 0.6) is 0 Å². The number of hydrogen-bond acceptors (Lipinski definition) is 3. The van der Waals surface area contributed by atoms with Crippen LogP contribution in [-0.2, 0) is 20.0 Å². The first-order valence-electron chi connectivity index (χ1n) is 6.40. The Morgan fingerprint density at radius 3 is 2.72 bits per heavy atom. The lowest BCUT2D eigenvalue weighted by molar-refractivity contribution is 0.527. The summed E-state index contributed by atoms with van der Waals surface area (Å²) in [6, 6.07) is 2.46. The molecule has 98 valence electrons. The molecule has 0 aliphatic carbocycles. The first-order valence-corrected chi connectivity index (χ1v) is 6.40. The van der Waals surface area contributed by atoms with Gasteiger partial charge in [-0.05, 0) is 26.3 Å². The molecule has 18 heavy (non-hydrogen) atoms. The Hall–Kier alpha value is -1.78. The van der Waals surface area contributed by atoms with Crippen LogP contribution in [0.1, 0.15) is 38.2 Å². The number of nitrogens with one attached hydrogen (secondary N) is 1. The maximum absolute atomic E-state index is 4.51. The molecule has 0 atom stereocenters. The van der Waals surface area contributed by atoms with Crippen molar-refractivity contribution in [1.82, 2.24) is 19.6 Å². The van der Waals surface area contributed by atoms with E-state index in [9.17, 15) is 0 Å². The van der Waals surface area contributed by atoms with E-state index in [1.165, 1.54) is 0 Å². The molecule has 5 nitrogen and oxygen atoms in total. The van der Waals surface area contributed by atoms with Gasteiger partial charge in [-0.1, -0.05) is 6.92 Å². The third kappa shape index (κ3) is 2.72. The van der Waals surface area contributed by atoms with E-state index in [4.69, 9.17) is 0 Å². The Morgan fingerprint density at radius 2 is 2.11 bits per heavy atom. The number of aryl methyl sites for hydroxylation is 2. The van der Waals surface area contributed by atoms with Crippen LogP contribution in [0.25, 0.3) is 0 Å². The van der Waals surface area contributed by atoms with Gasteiger partial charge >= 0.3 is 0 Å². The van der Waals surface area contributed by atoms with E-state index in [0.717, 1.165) is 30.0 Å². The number of rotatable bonds is 5. The van der Waals surface area contributed by atoms with Gasteiger partial charge in [0.25, 0.3) is 0 Å². The van der Waals surface area contributed by atoms with Crippen LogP contribution in [0.4, 0.5) is 5.69 Å². The van der Waals surface area contributed by atoms with Crippen molar-refractivity contribution in [2.45, 2.75) is 39.8 Å². The Labute approximate surface area is 108 Å². The molecule has 0 unspecified atom stereocenters. The van der Waals surface area contributed by atoms with E-state index in [2.05, 4.69) is 42.4 Å². The molecule has 0 aromatic carbocycles. The Kier molecular flexibility index (Phi) is 3.69. The fraction of sp³-hybridized carbons (Fsp3) is 0.538. The van der Waals surface area contributed by atoms with Gasteiger partial charge in [0, 0.05) is 25.5 Å². The summed E-state index contributed by atoms with van der Waals surface area (Å²) in [4.78, 5) is 0. The second kappa shape index (κ2) is 5.25. The molecular weight excluding hydrogens is 226 g/mol. The summed E-state index contributed by atoms with van der Waals surface area (Å²) in [5.74, 6) is 0. The molecule has 0 saturated heterocycles. The lowest BCUT2D eigenvalue weighted by atomic mass is 10.3. The van der Waals surface area contributed by atoms with Crippen molar-refractivity contribution in [3.8, 4) is 0 Å². The van der Waals surface area contributed by atoms with E-state index in [0.29, 0.717) is 6.04 Å². The predicted molar refractivity (Wildman–Crippen MR) is 72.5 cm³/mol. The van der Waals surface area contributed by atoms with Gasteiger partial charge in [-0.15, -0.1) is 0 Å². The van der Waals surface area contributed by atoms with Crippen LogP contribution in [-0.4, -0.2) is 19.6 Å². The Bertz CT molecular complexity index is 509. The van der Waals surface area contributed by atoms with E-state index >= 15 is 0 Å². The Balaban J connectivity index is 2.01. The number of anilines is 1. The normalized spacial score (nSPS) is 11.2. The predicted octanol–water partition coefficient (Wildman–Crippen LogP) is 2.37. The topological polar surface area (TPSA) is 47.7 Å². The minimum atomic E-state index is 0.406. The fourth-order valence-corrected chi connectivity index (χ4v) is 1.89. The van der Waals surface area contributed by atoms with Crippen LogP contribution >= 0.6 is 0 Å². The maximum atomic E-state index is 4.51. The molecule has 0 fully saturated rings. The summed E-state index contributed by atoms with van der Waals surface area (Å²) in [5.41, 5.74) is 3.24. The first-order chi connectivity index (χ1) is 8.60. The zero-order valence-electron chi connectivity index (χ0n) is 11.5. The van der Waals surface area contributed by atoms with E-state index in [1.54, 1.807) is 0 Å². The fourth-order valence-electron chi connectivity index (χ4n) is 1.89. The second-order valence-corrected chi connectivity index (χ2v) is 4.75. The zero-order valence-corrected chi connectivity index (χ0v) is 11.5. The Morgan fingerprint density at radius 1 is 1.33 bits per heavy atom. The maximum Gasteiger partial charge on any atom is 0.0853 e. The summed E-state index contributed by atoms with van der Waals surface area (Å²) in [5, 5.41) is 12.3. The molecule has 2 aromatic rings. The molecule has 2 aromatic heterocycles. The van der Waals surface area contributed by atoms with Crippen LogP contribution in [0.2, 0.25) is 0 Å². The molecule has 0 spiro atoms. The van der Waals surface area contributed by atoms with Gasteiger partial charge in [0.15, 0.2) is 0 Å². The minimum Gasteiger partial charge on any atom is -0.377 e. The monoisotopic (exact) mass is 247 g/mol. The van der Waals surface area contributed by atoms with E-state index in [1.807, 2.05) is 28.8 Å². The first kappa shape index (κ1) is 12.7. The lowest BCUT2D eigenvalue weighted by Gasteiger charge is -2.05. The van der Waals surface area contributed by atoms with E-state index < -0.39 is 0 Å². The van der Waals surface area contributed by atoms with Crippen LogP contribution < -0.4 is 5.32 Å². The third-order valence-corrected chi connectivity index (χ3v) is 2.89. The molecule has 0 aliphatic heterocycles. The number of nitrogens with zero attached hydrogens (tertiary/aromatic N) is 4. The van der Waals surface area contributed by atoms with Gasteiger partial charge in [0.2, 0.25) is 0 Å². The largest absolute Gasteiger partial charge is 0.377 e. The molecule has 2 heterocycles. The third-order valence-electron chi connectivity index (χ3n) is 2.89. The van der Waals surface area contributed by atoms with Crippen molar-refractivity contribution >= 4 is 5.69 Å². The molecular formula is C13H21N5. The highest BCUT2D eigenvalue weighted by molar-refractivity contribution is 5.46. The molecule has 0 saturated carbocycles. The van der Waals surface area contributed by atoms with Crippen molar-refractivity contribution < 1.29 is 0 Å². The van der Waals surface area contributed by atoms with Crippen molar-refractivity contribution in [3.05, 3.63) is 29.8 Å². The average molecular weight is 247 g/mol. The van der Waals surface area contributed by atoms with Crippen molar-refractivity contribution in [3.63, 3.8) is 0 Å². The number of hydrogen-bond donors (Lipinski definition) is 1. The second-order valence-electron chi connectivity index (χ2n) is 4.75. The zero-order chi connectivity index (χ0) is 13.1. The number of aromatic nitrogens is 4. The van der Waals surface area contributed by atoms with Gasteiger partial charge in [-0.25, -0.2) is 0 Å². The molecule has 2 rings (SSSR count). The summed E-state index contributed by atoms with van der Waals surface area (Å²) in [6.07, 6.45) is 4.97. The van der Waals surface area contributed by atoms with Crippen LogP contribution in [0.15, 0.2) is 18.5 Å². The summed E-state index contributed by atoms with van der Waals surface area (Å²) >= 11 is 0. The lowest BCUT2D eigenvalue weighted by Crippen LogP contribution is -2.05. The van der Waals surface area contributed by atoms with Gasteiger partial charge in [0.05, 0.1) is 23.6 Å². The molecule has 0 radical (unpaired) electrons. The van der Waals surface area contributed by atoms with Crippen molar-refractivity contribution in [2.24, 2.45) is 7.05 Å². The molecule has 0 aliphatic rings. The minimum absolute atomic E-state index is 0.406. The highest BCUT2D eigenvalue weighted by Crippen LogP contribution is 2.14. The van der Waals surface area contributed by atoms with Gasteiger partial charge < -0.3 is 5.32 Å². The van der Waals surface area contributed by atoms with Gasteiger partial charge in [-0.3, -0.25) is 9.36 Å². The molecule has 5 heteroatoms. The van der Waals surface area contributed by atoms with E-state index in [-0.39, 0.29) is 0 Å². The van der Waals surface area contributed by atoms with Crippen LogP contribution in [0.3, 0.4) is 0 Å². The molecule has 1 N–H and O–H groups in total.